The fourth-order valence-electron chi connectivity index (χ4n) is 1.16. The smallest absolute Gasteiger partial charge is 0.269 e. The van der Waals surface area contributed by atoms with Crippen LogP contribution in [0.5, 0.6) is 0 Å². The summed E-state index contributed by atoms with van der Waals surface area (Å²) in [6.07, 6.45) is 4.59. The van der Waals surface area contributed by atoms with Gasteiger partial charge >= 0.3 is 0 Å². The number of hydrogen-bond donors (Lipinski definition) is 2. The molecule has 2 aromatic rings. The molecule has 2 aromatic heterocycles. The average molecular weight is 247 g/mol. The molecule has 0 unspecified atom stereocenters. The van der Waals surface area contributed by atoms with Crippen molar-refractivity contribution in [1.29, 1.82) is 0 Å². The first-order valence-corrected chi connectivity index (χ1v) is 5.22. The van der Waals surface area contributed by atoms with Crippen molar-refractivity contribution in [2.45, 2.75) is 0 Å². The van der Waals surface area contributed by atoms with Crippen molar-refractivity contribution in [2.24, 2.45) is 0 Å². The molecule has 0 aromatic carbocycles. The van der Waals surface area contributed by atoms with Crippen LogP contribution >= 0.6 is 12.2 Å². The molecular formula is C11H9N3O2S. The van der Waals surface area contributed by atoms with Crippen molar-refractivity contribution < 1.29 is 9.21 Å². The molecule has 1 amide bonds. The lowest BCUT2D eigenvalue weighted by molar-refractivity contribution is 0.0944. The van der Waals surface area contributed by atoms with Crippen LogP contribution in [0, 0.1) is 0 Å². The molecule has 2 heterocycles. The number of aromatic nitrogens is 1. The largest absolute Gasteiger partial charge is 0.462 e. The summed E-state index contributed by atoms with van der Waals surface area (Å²) >= 11 is 5.01. The van der Waals surface area contributed by atoms with E-state index in [9.17, 15) is 4.79 Å². The van der Waals surface area contributed by atoms with Gasteiger partial charge < -0.3 is 4.42 Å². The highest BCUT2D eigenvalue weighted by molar-refractivity contribution is 7.80. The Morgan fingerprint density at radius 3 is 2.65 bits per heavy atom. The van der Waals surface area contributed by atoms with Gasteiger partial charge in [-0.05, 0) is 24.3 Å². The molecule has 5 nitrogen and oxygen atoms in total. The Kier molecular flexibility index (Phi) is 3.46. The summed E-state index contributed by atoms with van der Waals surface area (Å²) in [5, 5.41) is 0. The predicted octanol–water partition coefficient (Wildman–Crippen LogP) is 1.28. The Balaban J connectivity index is 1.91. The van der Waals surface area contributed by atoms with E-state index in [1.54, 1.807) is 36.7 Å². The molecule has 0 aliphatic rings. The van der Waals surface area contributed by atoms with Crippen molar-refractivity contribution >= 4 is 23.1 Å². The minimum absolute atomic E-state index is 0.290. The van der Waals surface area contributed by atoms with Gasteiger partial charge in [-0.15, -0.1) is 0 Å². The van der Waals surface area contributed by atoms with E-state index in [-0.39, 0.29) is 5.91 Å². The van der Waals surface area contributed by atoms with Crippen molar-refractivity contribution in [1.82, 2.24) is 15.8 Å². The zero-order valence-electron chi connectivity index (χ0n) is 8.71. The standard InChI is InChI=1S/C11H9N3O2S/c15-10(8-3-5-12-6-4-8)13-14-11(17)9-2-1-7-16-9/h1-7H,(H,13,15)(H,14,17). The first kappa shape index (κ1) is 11.3. The Bertz CT molecular complexity index is 511. The SMILES string of the molecule is O=C(NNC(=S)c1ccco1)c1ccncc1. The number of nitrogens with one attached hydrogen (secondary N) is 2. The molecule has 0 saturated carbocycles. The molecule has 0 aliphatic heterocycles. The van der Waals surface area contributed by atoms with E-state index < -0.39 is 0 Å². The minimum atomic E-state index is -0.290. The van der Waals surface area contributed by atoms with Gasteiger partial charge in [-0.25, -0.2) is 0 Å². The van der Waals surface area contributed by atoms with Crippen LogP contribution in [0.3, 0.4) is 0 Å². The molecule has 2 rings (SSSR count). The van der Waals surface area contributed by atoms with Gasteiger partial charge in [-0.2, -0.15) is 0 Å². The number of hydrogen-bond acceptors (Lipinski definition) is 4. The van der Waals surface area contributed by atoms with Gasteiger partial charge in [0.15, 0.2) is 10.7 Å². The lowest BCUT2D eigenvalue weighted by Gasteiger charge is -2.07. The topological polar surface area (TPSA) is 67.2 Å². The third kappa shape index (κ3) is 2.88. The lowest BCUT2D eigenvalue weighted by atomic mass is 10.3. The van der Waals surface area contributed by atoms with E-state index in [2.05, 4.69) is 15.8 Å². The van der Waals surface area contributed by atoms with E-state index in [4.69, 9.17) is 16.6 Å². The van der Waals surface area contributed by atoms with Gasteiger partial charge in [-0.3, -0.25) is 20.6 Å². The second-order valence-corrected chi connectivity index (χ2v) is 3.53. The Morgan fingerprint density at radius 1 is 1.24 bits per heavy atom. The van der Waals surface area contributed by atoms with Crippen LogP contribution in [0.4, 0.5) is 0 Å². The monoisotopic (exact) mass is 247 g/mol. The quantitative estimate of drug-likeness (QED) is 0.618. The molecule has 0 fully saturated rings. The van der Waals surface area contributed by atoms with Crippen LogP contribution in [-0.4, -0.2) is 15.9 Å². The summed E-state index contributed by atoms with van der Waals surface area (Å²) < 4.78 is 5.07. The van der Waals surface area contributed by atoms with E-state index in [1.807, 2.05) is 0 Å². The van der Waals surface area contributed by atoms with Crippen LogP contribution in [0.15, 0.2) is 47.3 Å². The number of thiocarbonyl (C=S) groups is 1. The second kappa shape index (κ2) is 5.22. The summed E-state index contributed by atoms with van der Waals surface area (Å²) in [5.41, 5.74) is 5.57. The van der Waals surface area contributed by atoms with Gasteiger partial charge in [0.25, 0.3) is 5.91 Å². The summed E-state index contributed by atoms with van der Waals surface area (Å²) in [5.74, 6) is 0.205. The molecular weight excluding hydrogens is 238 g/mol. The predicted molar refractivity (Wildman–Crippen MR) is 65.2 cm³/mol. The van der Waals surface area contributed by atoms with Crippen molar-refractivity contribution in [3.05, 3.63) is 54.2 Å². The van der Waals surface area contributed by atoms with Crippen LogP contribution in [0.1, 0.15) is 16.1 Å². The molecule has 6 heteroatoms. The molecule has 0 radical (unpaired) electrons. The van der Waals surface area contributed by atoms with Gasteiger partial charge in [0.1, 0.15) is 0 Å². The number of nitrogens with zero attached hydrogens (tertiary/aromatic N) is 1. The Labute approximate surface area is 103 Å². The Hall–Kier alpha value is -2.21. The van der Waals surface area contributed by atoms with Crippen LogP contribution < -0.4 is 10.9 Å². The van der Waals surface area contributed by atoms with Gasteiger partial charge in [0.05, 0.1) is 6.26 Å². The van der Waals surface area contributed by atoms with Crippen LogP contribution in [0.2, 0.25) is 0 Å². The van der Waals surface area contributed by atoms with E-state index in [0.717, 1.165) is 0 Å². The number of amides is 1. The second-order valence-electron chi connectivity index (χ2n) is 3.12. The number of carbonyl (C=O) groups excluding carboxylic acids is 1. The maximum atomic E-state index is 11.6. The van der Waals surface area contributed by atoms with E-state index in [1.165, 1.54) is 6.26 Å². The van der Waals surface area contributed by atoms with E-state index in [0.29, 0.717) is 16.3 Å². The van der Waals surface area contributed by atoms with Crippen molar-refractivity contribution in [3.63, 3.8) is 0 Å². The molecule has 0 bridgehead atoms. The van der Waals surface area contributed by atoms with E-state index >= 15 is 0 Å². The number of furan rings is 1. The fraction of sp³-hybridized carbons (Fsp3) is 0. The first-order valence-electron chi connectivity index (χ1n) is 4.81. The third-order valence-electron chi connectivity index (χ3n) is 1.98. The van der Waals surface area contributed by atoms with Gasteiger partial charge in [-0.1, -0.05) is 12.2 Å². The average Bonchev–Trinajstić information content (AvgIpc) is 2.90. The molecule has 0 aliphatic carbocycles. The zero-order valence-corrected chi connectivity index (χ0v) is 9.53. The summed E-state index contributed by atoms with van der Waals surface area (Å²) in [7, 11) is 0. The molecule has 86 valence electrons. The van der Waals surface area contributed by atoms with Gasteiger partial charge in [0, 0.05) is 18.0 Å². The maximum absolute atomic E-state index is 11.6. The molecule has 17 heavy (non-hydrogen) atoms. The highest BCUT2D eigenvalue weighted by Crippen LogP contribution is 2.00. The first-order chi connectivity index (χ1) is 8.27. The normalized spacial score (nSPS) is 9.65. The summed E-state index contributed by atoms with van der Waals surface area (Å²) in [6.45, 7) is 0. The summed E-state index contributed by atoms with van der Waals surface area (Å²) in [6, 6.07) is 6.63. The zero-order chi connectivity index (χ0) is 12.1. The lowest BCUT2D eigenvalue weighted by Crippen LogP contribution is -2.41. The highest BCUT2D eigenvalue weighted by atomic mass is 32.1. The molecule has 0 spiro atoms. The van der Waals surface area contributed by atoms with Crippen LogP contribution in [-0.2, 0) is 0 Å². The highest BCUT2D eigenvalue weighted by Gasteiger charge is 2.07. The molecule has 2 N–H and O–H groups in total. The van der Waals surface area contributed by atoms with Crippen molar-refractivity contribution in [2.75, 3.05) is 0 Å². The molecule has 0 saturated heterocycles. The number of carbonyl (C=O) groups is 1. The Morgan fingerprint density at radius 2 is 2.00 bits per heavy atom. The minimum Gasteiger partial charge on any atom is -0.462 e. The molecule has 0 atom stereocenters. The number of pyridine rings is 1. The van der Waals surface area contributed by atoms with Gasteiger partial charge in [0.2, 0.25) is 0 Å². The number of hydrazine groups is 1. The maximum Gasteiger partial charge on any atom is 0.269 e. The number of rotatable bonds is 2. The fourth-order valence-corrected chi connectivity index (χ4v) is 1.33. The van der Waals surface area contributed by atoms with Crippen molar-refractivity contribution in [3.8, 4) is 0 Å². The van der Waals surface area contributed by atoms with Crippen LogP contribution in [0.25, 0.3) is 0 Å². The summed E-state index contributed by atoms with van der Waals surface area (Å²) in [4.78, 5) is 15.8. The third-order valence-corrected chi connectivity index (χ3v) is 2.28.